The molecule has 0 aliphatic rings. The molecular formula is C12H18BrFN2. The van der Waals surface area contributed by atoms with Crippen LogP contribution < -0.4 is 11.1 Å². The summed E-state index contributed by atoms with van der Waals surface area (Å²) in [6.07, 6.45) is 0.981. The Morgan fingerprint density at radius 3 is 2.56 bits per heavy atom. The molecule has 0 radical (unpaired) electrons. The van der Waals surface area contributed by atoms with Crippen molar-refractivity contribution in [2.45, 2.75) is 33.2 Å². The molecular weight excluding hydrogens is 271 g/mol. The molecule has 1 atom stereocenters. The van der Waals surface area contributed by atoms with E-state index < -0.39 is 0 Å². The molecule has 0 saturated heterocycles. The van der Waals surface area contributed by atoms with Crippen molar-refractivity contribution >= 4 is 27.3 Å². The van der Waals surface area contributed by atoms with Crippen molar-refractivity contribution in [3.05, 3.63) is 22.4 Å². The first-order valence-corrected chi connectivity index (χ1v) is 6.26. The lowest BCUT2D eigenvalue weighted by Gasteiger charge is -2.23. The zero-order chi connectivity index (χ0) is 12.3. The van der Waals surface area contributed by atoms with Gasteiger partial charge in [-0.2, -0.15) is 0 Å². The molecule has 0 aromatic heterocycles. The summed E-state index contributed by atoms with van der Waals surface area (Å²) in [4.78, 5) is 0. The van der Waals surface area contributed by atoms with E-state index in [0.717, 1.165) is 6.42 Å². The fourth-order valence-corrected chi connectivity index (χ4v) is 1.99. The van der Waals surface area contributed by atoms with E-state index in [1.165, 1.54) is 6.07 Å². The summed E-state index contributed by atoms with van der Waals surface area (Å²) in [5, 5.41) is 3.28. The third-order valence-electron chi connectivity index (χ3n) is 2.68. The number of hydrogen-bond acceptors (Lipinski definition) is 2. The summed E-state index contributed by atoms with van der Waals surface area (Å²) in [5.74, 6) is 0.186. The highest BCUT2D eigenvalue weighted by molar-refractivity contribution is 9.10. The number of nitrogens with one attached hydrogen (secondary N) is 1. The maximum atomic E-state index is 13.4. The second-order valence-corrected chi connectivity index (χ2v) is 5.11. The highest BCUT2D eigenvalue weighted by Crippen LogP contribution is 2.28. The first-order chi connectivity index (χ1) is 7.45. The maximum Gasteiger partial charge on any atom is 0.139 e. The zero-order valence-corrected chi connectivity index (χ0v) is 11.4. The van der Waals surface area contributed by atoms with Crippen LogP contribution in [-0.4, -0.2) is 6.04 Å². The Kier molecular flexibility index (Phi) is 4.59. The summed E-state index contributed by atoms with van der Waals surface area (Å²) in [6, 6.07) is 3.33. The van der Waals surface area contributed by atoms with E-state index in [9.17, 15) is 4.39 Å². The number of hydrogen-bond donors (Lipinski definition) is 2. The number of anilines is 2. The predicted octanol–water partition coefficient (Wildman–Crippen LogP) is 4.02. The van der Waals surface area contributed by atoms with Gasteiger partial charge in [0.05, 0.1) is 15.8 Å². The van der Waals surface area contributed by atoms with Crippen molar-refractivity contribution in [2.75, 3.05) is 11.1 Å². The summed E-state index contributed by atoms with van der Waals surface area (Å²) >= 11 is 3.11. The number of rotatable bonds is 4. The van der Waals surface area contributed by atoms with E-state index in [-0.39, 0.29) is 5.82 Å². The van der Waals surface area contributed by atoms with Crippen LogP contribution in [0, 0.1) is 11.7 Å². The van der Waals surface area contributed by atoms with Crippen molar-refractivity contribution in [3.63, 3.8) is 0 Å². The number of nitrogens with two attached hydrogens (primary N) is 1. The van der Waals surface area contributed by atoms with Crippen LogP contribution in [0.5, 0.6) is 0 Å². The van der Waals surface area contributed by atoms with E-state index in [4.69, 9.17) is 5.73 Å². The predicted molar refractivity (Wildman–Crippen MR) is 71.1 cm³/mol. The lowest BCUT2D eigenvalue weighted by molar-refractivity contribution is 0.511. The Balaban J connectivity index is 2.92. The second-order valence-electron chi connectivity index (χ2n) is 4.26. The van der Waals surface area contributed by atoms with Gasteiger partial charge in [-0.05, 0) is 34.3 Å². The Labute approximate surface area is 105 Å². The summed E-state index contributed by atoms with van der Waals surface area (Å²) in [5.41, 5.74) is 7.06. The van der Waals surface area contributed by atoms with E-state index in [1.807, 2.05) is 0 Å². The molecule has 1 unspecified atom stereocenters. The Hall–Kier alpha value is -0.770. The van der Waals surface area contributed by atoms with Gasteiger partial charge in [0.25, 0.3) is 0 Å². The van der Waals surface area contributed by atoms with E-state index in [0.29, 0.717) is 27.8 Å². The monoisotopic (exact) mass is 288 g/mol. The molecule has 0 spiro atoms. The van der Waals surface area contributed by atoms with Gasteiger partial charge in [0, 0.05) is 12.1 Å². The third-order valence-corrected chi connectivity index (χ3v) is 3.29. The van der Waals surface area contributed by atoms with Gasteiger partial charge in [0.2, 0.25) is 0 Å². The van der Waals surface area contributed by atoms with Gasteiger partial charge in [-0.15, -0.1) is 0 Å². The van der Waals surface area contributed by atoms with Gasteiger partial charge in [-0.3, -0.25) is 0 Å². The Morgan fingerprint density at radius 1 is 1.44 bits per heavy atom. The fraction of sp³-hybridized carbons (Fsp3) is 0.500. The molecule has 90 valence electrons. The van der Waals surface area contributed by atoms with Crippen LogP contribution >= 0.6 is 15.9 Å². The van der Waals surface area contributed by atoms with Crippen LogP contribution in [0.4, 0.5) is 15.8 Å². The number of benzene rings is 1. The molecule has 2 nitrogen and oxygen atoms in total. The summed E-state index contributed by atoms with van der Waals surface area (Å²) in [6.45, 7) is 6.36. The van der Waals surface area contributed by atoms with E-state index >= 15 is 0 Å². The standard InChI is InChI=1S/C12H18BrFN2/c1-4-11(7(2)3)16-12-6-9(14)8(13)5-10(12)15/h5-7,11,16H,4,15H2,1-3H3. The molecule has 0 amide bonds. The fourth-order valence-electron chi connectivity index (χ4n) is 1.63. The van der Waals surface area contributed by atoms with Gasteiger partial charge in [0.15, 0.2) is 0 Å². The molecule has 1 aromatic carbocycles. The number of nitrogen functional groups attached to an aromatic ring is 1. The van der Waals surface area contributed by atoms with Crippen LogP contribution in [0.15, 0.2) is 16.6 Å². The third kappa shape index (κ3) is 3.11. The quantitative estimate of drug-likeness (QED) is 0.822. The van der Waals surface area contributed by atoms with Gasteiger partial charge < -0.3 is 11.1 Å². The molecule has 3 N–H and O–H groups in total. The SMILES string of the molecule is CCC(Nc1cc(F)c(Br)cc1N)C(C)C. The van der Waals surface area contributed by atoms with Gasteiger partial charge >= 0.3 is 0 Å². The lowest BCUT2D eigenvalue weighted by atomic mass is 10.0. The average molecular weight is 289 g/mol. The smallest absolute Gasteiger partial charge is 0.139 e. The molecule has 0 aliphatic heterocycles. The second kappa shape index (κ2) is 5.53. The largest absolute Gasteiger partial charge is 0.397 e. The minimum atomic E-state index is -0.296. The number of halogens is 2. The summed E-state index contributed by atoms with van der Waals surface area (Å²) in [7, 11) is 0. The molecule has 1 aromatic rings. The molecule has 0 aliphatic carbocycles. The highest BCUT2D eigenvalue weighted by atomic mass is 79.9. The van der Waals surface area contributed by atoms with Gasteiger partial charge in [-0.1, -0.05) is 20.8 Å². The summed E-state index contributed by atoms with van der Waals surface area (Å²) < 4.78 is 13.8. The Bertz CT molecular complexity index is 366. The van der Waals surface area contributed by atoms with Crippen molar-refractivity contribution in [2.24, 2.45) is 5.92 Å². The average Bonchev–Trinajstić information content (AvgIpc) is 2.21. The van der Waals surface area contributed by atoms with Gasteiger partial charge in [-0.25, -0.2) is 4.39 Å². The Morgan fingerprint density at radius 2 is 2.06 bits per heavy atom. The minimum Gasteiger partial charge on any atom is -0.397 e. The van der Waals surface area contributed by atoms with Crippen molar-refractivity contribution in [1.29, 1.82) is 0 Å². The molecule has 16 heavy (non-hydrogen) atoms. The zero-order valence-electron chi connectivity index (χ0n) is 9.85. The maximum absolute atomic E-state index is 13.4. The molecule has 4 heteroatoms. The molecule has 0 fully saturated rings. The molecule has 0 heterocycles. The van der Waals surface area contributed by atoms with Crippen molar-refractivity contribution < 1.29 is 4.39 Å². The lowest BCUT2D eigenvalue weighted by Crippen LogP contribution is -2.25. The molecule has 0 saturated carbocycles. The molecule has 0 bridgehead atoms. The van der Waals surface area contributed by atoms with Crippen LogP contribution in [0.3, 0.4) is 0 Å². The normalized spacial score (nSPS) is 12.9. The van der Waals surface area contributed by atoms with Crippen LogP contribution in [0.25, 0.3) is 0 Å². The van der Waals surface area contributed by atoms with Crippen molar-refractivity contribution in [1.82, 2.24) is 0 Å². The van der Waals surface area contributed by atoms with E-state index in [2.05, 4.69) is 42.0 Å². The molecule has 1 rings (SSSR count). The van der Waals surface area contributed by atoms with Crippen LogP contribution in [-0.2, 0) is 0 Å². The van der Waals surface area contributed by atoms with Crippen LogP contribution in [0.1, 0.15) is 27.2 Å². The first-order valence-electron chi connectivity index (χ1n) is 5.46. The van der Waals surface area contributed by atoms with E-state index in [1.54, 1.807) is 6.07 Å². The van der Waals surface area contributed by atoms with Crippen molar-refractivity contribution in [3.8, 4) is 0 Å². The van der Waals surface area contributed by atoms with Gasteiger partial charge in [0.1, 0.15) is 5.82 Å². The highest BCUT2D eigenvalue weighted by Gasteiger charge is 2.13. The first kappa shape index (κ1) is 13.3. The van der Waals surface area contributed by atoms with Crippen LogP contribution in [0.2, 0.25) is 0 Å². The topological polar surface area (TPSA) is 38.0 Å². The minimum absolute atomic E-state index is 0.296.